The highest BCUT2D eigenvalue weighted by Gasteiger charge is 2.14. The summed E-state index contributed by atoms with van der Waals surface area (Å²) in [5.41, 5.74) is 2.32. The summed E-state index contributed by atoms with van der Waals surface area (Å²) in [6.07, 6.45) is 0. The van der Waals surface area contributed by atoms with Crippen molar-refractivity contribution in [2.75, 3.05) is 18.4 Å². The highest BCUT2D eigenvalue weighted by atomic mass is 16.1. The van der Waals surface area contributed by atoms with Crippen LogP contribution in [-0.4, -0.2) is 50.5 Å². The number of pyridine rings is 1. The molecule has 29 heavy (non-hydrogen) atoms. The molecule has 3 aromatic rings. The van der Waals surface area contributed by atoms with Gasteiger partial charge in [0, 0.05) is 32.2 Å². The number of hydrogen-bond acceptors (Lipinski definition) is 5. The predicted molar refractivity (Wildman–Crippen MR) is 118 cm³/mol. The van der Waals surface area contributed by atoms with Gasteiger partial charge in [-0.25, -0.2) is 9.97 Å². The van der Waals surface area contributed by atoms with Gasteiger partial charge in [-0.3, -0.25) is 9.69 Å². The van der Waals surface area contributed by atoms with E-state index in [1.165, 1.54) is 0 Å². The lowest BCUT2D eigenvalue weighted by Crippen LogP contribution is -2.42. The number of aromatic nitrogens is 3. The topological polar surface area (TPSA) is 75.1 Å². The number of para-hydroxylation sites is 2. The number of aryl methyl sites for hydroxylation is 1. The first kappa shape index (κ1) is 20.8. The molecule has 1 amide bonds. The lowest BCUT2D eigenvalue weighted by molar-refractivity contribution is 0.0934. The third-order valence-electron chi connectivity index (χ3n) is 4.99. The number of rotatable bonds is 8. The minimum Gasteiger partial charge on any atom is -0.349 e. The molecule has 0 unspecified atom stereocenters. The Balaban J connectivity index is 1.65. The average molecular weight is 395 g/mol. The van der Waals surface area contributed by atoms with E-state index in [0.29, 0.717) is 36.1 Å². The van der Waals surface area contributed by atoms with Crippen molar-refractivity contribution in [3.05, 3.63) is 48.2 Å². The number of carbonyl (C=O) groups is 1. The molecule has 0 aliphatic heterocycles. The SMILES string of the molecule is CC(C)N(CCNC(=O)c1cccc(Nc2nc3ccccc3n2C)n1)C(C)C. The molecule has 154 valence electrons. The van der Waals surface area contributed by atoms with Crippen molar-refractivity contribution in [2.24, 2.45) is 7.05 Å². The third kappa shape index (κ3) is 4.92. The van der Waals surface area contributed by atoms with Crippen LogP contribution in [0.3, 0.4) is 0 Å². The summed E-state index contributed by atoms with van der Waals surface area (Å²) in [5.74, 6) is 1.09. The van der Waals surface area contributed by atoms with Gasteiger partial charge >= 0.3 is 0 Å². The van der Waals surface area contributed by atoms with Crippen LogP contribution in [0.4, 0.5) is 11.8 Å². The molecule has 3 rings (SSSR count). The Hall–Kier alpha value is -2.93. The van der Waals surface area contributed by atoms with Gasteiger partial charge in [-0.2, -0.15) is 0 Å². The van der Waals surface area contributed by atoms with E-state index in [1.807, 2.05) is 48.0 Å². The van der Waals surface area contributed by atoms with E-state index >= 15 is 0 Å². The van der Waals surface area contributed by atoms with Crippen LogP contribution in [0.5, 0.6) is 0 Å². The zero-order valence-corrected chi connectivity index (χ0v) is 17.8. The van der Waals surface area contributed by atoms with Gasteiger partial charge in [0.25, 0.3) is 5.91 Å². The molecule has 0 saturated heterocycles. The van der Waals surface area contributed by atoms with E-state index < -0.39 is 0 Å². The highest BCUT2D eigenvalue weighted by molar-refractivity contribution is 5.92. The second-order valence-corrected chi connectivity index (χ2v) is 7.70. The number of amides is 1. The van der Waals surface area contributed by atoms with Gasteiger partial charge in [-0.05, 0) is 52.0 Å². The molecule has 0 radical (unpaired) electrons. The third-order valence-corrected chi connectivity index (χ3v) is 4.99. The maximum atomic E-state index is 12.5. The van der Waals surface area contributed by atoms with Crippen LogP contribution < -0.4 is 10.6 Å². The number of carbonyl (C=O) groups excluding carboxylic acids is 1. The van der Waals surface area contributed by atoms with Crippen molar-refractivity contribution in [1.29, 1.82) is 0 Å². The normalized spacial score (nSPS) is 11.6. The second kappa shape index (κ2) is 9.05. The number of hydrogen-bond donors (Lipinski definition) is 2. The number of anilines is 2. The van der Waals surface area contributed by atoms with E-state index in [0.717, 1.165) is 17.6 Å². The number of nitrogens with one attached hydrogen (secondary N) is 2. The zero-order valence-electron chi connectivity index (χ0n) is 17.8. The fraction of sp³-hybridized carbons (Fsp3) is 0.409. The molecule has 0 aliphatic rings. The second-order valence-electron chi connectivity index (χ2n) is 7.70. The molecule has 0 saturated carbocycles. The standard InChI is InChI=1S/C22H30N6O/c1-15(2)28(16(3)4)14-13-23-21(29)18-10-8-12-20(24-18)26-22-25-17-9-6-7-11-19(17)27(22)5/h6-12,15-16H,13-14H2,1-5H3,(H,23,29)(H,24,25,26). The Morgan fingerprint density at radius 3 is 2.45 bits per heavy atom. The first-order valence-corrected chi connectivity index (χ1v) is 10.1. The number of benzene rings is 1. The smallest absolute Gasteiger partial charge is 0.270 e. The Morgan fingerprint density at radius 2 is 1.76 bits per heavy atom. The number of fused-ring (bicyclic) bond motifs is 1. The van der Waals surface area contributed by atoms with Crippen molar-refractivity contribution in [3.8, 4) is 0 Å². The molecule has 0 aliphatic carbocycles. The summed E-state index contributed by atoms with van der Waals surface area (Å²) >= 11 is 0. The van der Waals surface area contributed by atoms with E-state index in [1.54, 1.807) is 6.07 Å². The van der Waals surface area contributed by atoms with Gasteiger partial charge in [0.05, 0.1) is 11.0 Å². The van der Waals surface area contributed by atoms with Gasteiger partial charge in [0.2, 0.25) is 5.95 Å². The average Bonchev–Trinajstić information content (AvgIpc) is 3.00. The summed E-state index contributed by atoms with van der Waals surface area (Å²) < 4.78 is 1.97. The minimum atomic E-state index is -0.175. The van der Waals surface area contributed by atoms with Crippen molar-refractivity contribution in [1.82, 2.24) is 24.8 Å². The Bertz CT molecular complexity index is 970. The molecule has 0 atom stereocenters. The van der Waals surface area contributed by atoms with E-state index in [-0.39, 0.29) is 5.91 Å². The molecule has 7 heteroatoms. The molecule has 0 spiro atoms. The van der Waals surface area contributed by atoms with Crippen LogP contribution in [0.2, 0.25) is 0 Å². The Labute approximate surface area is 172 Å². The number of nitrogens with zero attached hydrogens (tertiary/aromatic N) is 4. The van der Waals surface area contributed by atoms with Crippen LogP contribution in [-0.2, 0) is 7.05 Å². The van der Waals surface area contributed by atoms with Crippen LogP contribution in [0.1, 0.15) is 38.2 Å². The fourth-order valence-corrected chi connectivity index (χ4v) is 3.50. The first-order chi connectivity index (χ1) is 13.9. The molecule has 0 fully saturated rings. The summed E-state index contributed by atoms with van der Waals surface area (Å²) in [6.45, 7) is 10.1. The predicted octanol–water partition coefficient (Wildman–Crippen LogP) is 3.56. The maximum absolute atomic E-state index is 12.5. The quantitative estimate of drug-likeness (QED) is 0.611. The van der Waals surface area contributed by atoms with E-state index in [9.17, 15) is 4.79 Å². The molecule has 2 heterocycles. The summed E-state index contributed by atoms with van der Waals surface area (Å²) in [5, 5.41) is 6.19. The monoisotopic (exact) mass is 394 g/mol. The van der Waals surface area contributed by atoms with Crippen molar-refractivity contribution in [3.63, 3.8) is 0 Å². The summed E-state index contributed by atoms with van der Waals surface area (Å²) in [7, 11) is 1.95. The van der Waals surface area contributed by atoms with Crippen molar-refractivity contribution < 1.29 is 4.79 Å². The summed E-state index contributed by atoms with van der Waals surface area (Å²) in [4.78, 5) is 23.9. The van der Waals surface area contributed by atoms with Crippen LogP contribution >= 0.6 is 0 Å². The Morgan fingerprint density at radius 1 is 1.03 bits per heavy atom. The minimum absolute atomic E-state index is 0.175. The lowest BCUT2D eigenvalue weighted by atomic mass is 10.2. The lowest BCUT2D eigenvalue weighted by Gasteiger charge is -2.30. The molecular weight excluding hydrogens is 364 g/mol. The molecule has 2 aromatic heterocycles. The summed E-state index contributed by atoms with van der Waals surface area (Å²) in [6, 6.07) is 14.2. The largest absolute Gasteiger partial charge is 0.349 e. The molecule has 2 N–H and O–H groups in total. The van der Waals surface area contributed by atoms with E-state index in [4.69, 9.17) is 0 Å². The van der Waals surface area contributed by atoms with Crippen LogP contribution in [0.25, 0.3) is 11.0 Å². The fourth-order valence-electron chi connectivity index (χ4n) is 3.50. The van der Waals surface area contributed by atoms with E-state index in [2.05, 4.69) is 53.2 Å². The van der Waals surface area contributed by atoms with Crippen LogP contribution in [0.15, 0.2) is 42.5 Å². The Kier molecular flexibility index (Phi) is 6.49. The zero-order chi connectivity index (χ0) is 21.0. The highest BCUT2D eigenvalue weighted by Crippen LogP contribution is 2.20. The van der Waals surface area contributed by atoms with Crippen LogP contribution in [0, 0.1) is 0 Å². The van der Waals surface area contributed by atoms with Gasteiger partial charge in [0.1, 0.15) is 11.5 Å². The molecule has 7 nitrogen and oxygen atoms in total. The first-order valence-electron chi connectivity index (χ1n) is 10.1. The molecule has 1 aromatic carbocycles. The molecular formula is C22H30N6O. The number of imidazole rings is 1. The maximum Gasteiger partial charge on any atom is 0.270 e. The van der Waals surface area contributed by atoms with Gasteiger partial charge < -0.3 is 15.2 Å². The molecule has 0 bridgehead atoms. The van der Waals surface area contributed by atoms with Gasteiger partial charge in [0.15, 0.2) is 0 Å². The van der Waals surface area contributed by atoms with Crippen molar-refractivity contribution in [2.45, 2.75) is 39.8 Å². The van der Waals surface area contributed by atoms with Gasteiger partial charge in [-0.15, -0.1) is 0 Å². The van der Waals surface area contributed by atoms with Crippen molar-refractivity contribution >= 4 is 28.7 Å². The van der Waals surface area contributed by atoms with Gasteiger partial charge in [-0.1, -0.05) is 18.2 Å².